The van der Waals surface area contributed by atoms with Gasteiger partial charge in [-0.2, -0.15) is 0 Å². The topological polar surface area (TPSA) is 39.9 Å². The molecule has 0 unspecified atom stereocenters. The lowest BCUT2D eigenvalue weighted by atomic mass is 9.97. The van der Waals surface area contributed by atoms with Crippen LogP contribution < -0.4 is 0 Å². The molecule has 2 rings (SSSR count). The van der Waals surface area contributed by atoms with Gasteiger partial charge in [-0.05, 0) is 17.5 Å². The number of nitrogens with zero attached hydrogens (tertiary/aromatic N) is 3. The Kier molecular flexibility index (Phi) is 3.66. The predicted molar refractivity (Wildman–Crippen MR) is 72.6 cm³/mol. The number of ether oxygens (including phenoxy) is 1. The summed E-state index contributed by atoms with van der Waals surface area (Å²) in [6, 6.07) is 3.94. The van der Waals surface area contributed by atoms with Gasteiger partial charge < -0.3 is 9.30 Å². The van der Waals surface area contributed by atoms with Crippen LogP contribution >= 0.6 is 0 Å². The molecule has 0 saturated carbocycles. The summed E-state index contributed by atoms with van der Waals surface area (Å²) in [6.45, 7) is 8.28. The first-order chi connectivity index (χ1) is 8.51. The van der Waals surface area contributed by atoms with Crippen LogP contribution in [0.25, 0.3) is 11.2 Å². The highest BCUT2D eigenvalue weighted by molar-refractivity contribution is 5.71. The molecular formula is C14H21N3O. The molecule has 18 heavy (non-hydrogen) atoms. The van der Waals surface area contributed by atoms with Crippen molar-refractivity contribution in [2.24, 2.45) is 5.41 Å². The summed E-state index contributed by atoms with van der Waals surface area (Å²) in [5.74, 6) is 1.06. The molecule has 0 aliphatic heterocycles. The maximum atomic E-state index is 5.15. The van der Waals surface area contributed by atoms with Crippen molar-refractivity contribution in [3.8, 4) is 0 Å². The molecule has 0 aliphatic rings. The molecule has 0 aliphatic carbocycles. The van der Waals surface area contributed by atoms with Crippen LogP contribution in [0.15, 0.2) is 18.3 Å². The van der Waals surface area contributed by atoms with E-state index in [0.717, 1.165) is 30.0 Å². The minimum Gasteiger partial charge on any atom is -0.384 e. The molecule has 0 aromatic carbocycles. The number of rotatable bonds is 4. The highest BCUT2D eigenvalue weighted by Crippen LogP contribution is 2.22. The second-order valence-corrected chi connectivity index (χ2v) is 5.76. The third-order valence-corrected chi connectivity index (χ3v) is 2.75. The molecule has 0 atom stereocenters. The van der Waals surface area contributed by atoms with Gasteiger partial charge in [-0.3, -0.25) is 0 Å². The molecule has 2 heterocycles. The molecule has 2 aromatic rings. The van der Waals surface area contributed by atoms with Crippen LogP contribution in [0.5, 0.6) is 0 Å². The number of imidazole rings is 1. The van der Waals surface area contributed by atoms with Gasteiger partial charge in [0.15, 0.2) is 5.65 Å². The van der Waals surface area contributed by atoms with Crippen LogP contribution in [0.2, 0.25) is 0 Å². The van der Waals surface area contributed by atoms with E-state index in [1.807, 2.05) is 18.3 Å². The van der Waals surface area contributed by atoms with Gasteiger partial charge in [0.2, 0.25) is 0 Å². The largest absolute Gasteiger partial charge is 0.384 e. The van der Waals surface area contributed by atoms with E-state index in [4.69, 9.17) is 4.74 Å². The average Bonchev–Trinajstić information content (AvgIpc) is 2.63. The summed E-state index contributed by atoms with van der Waals surface area (Å²) < 4.78 is 7.37. The van der Waals surface area contributed by atoms with E-state index in [1.165, 1.54) is 0 Å². The highest BCUT2D eigenvalue weighted by atomic mass is 16.5. The van der Waals surface area contributed by atoms with Crippen molar-refractivity contribution in [2.45, 2.75) is 33.7 Å². The molecule has 98 valence electrons. The number of hydrogen-bond acceptors (Lipinski definition) is 3. The first kappa shape index (κ1) is 13.0. The molecule has 0 radical (unpaired) electrons. The Hall–Kier alpha value is -1.42. The highest BCUT2D eigenvalue weighted by Gasteiger charge is 2.17. The molecule has 0 fully saturated rings. The summed E-state index contributed by atoms with van der Waals surface area (Å²) in [4.78, 5) is 9.11. The zero-order valence-electron chi connectivity index (χ0n) is 11.6. The second kappa shape index (κ2) is 5.06. The Bertz CT molecular complexity index is 525. The Balaban J connectivity index is 2.44. The zero-order valence-corrected chi connectivity index (χ0v) is 11.6. The van der Waals surface area contributed by atoms with Crippen LogP contribution in [0, 0.1) is 5.41 Å². The van der Waals surface area contributed by atoms with Crippen LogP contribution in [0.1, 0.15) is 26.6 Å². The van der Waals surface area contributed by atoms with Crippen molar-refractivity contribution in [1.82, 2.24) is 14.5 Å². The van der Waals surface area contributed by atoms with Gasteiger partial charge in [0, 0.05) is 26.3 Å². The predicted octanol–water partition coefficient (Wildman–Crippen LogP) is 2.67. The summed E-state index contributed by atoms with van der Waals surface area (Å²) >= 11 is 0. The van der Waals surface area contributed by atoms with Gasteiger partial charge in [0.05, 0.1) is 6.61 Å². The first-order valence-corrected chi connectivity index (χ1v) is 6.30. The lowest BCUT2D eigenvalue weighted by Gasteiger charge is -2.20. The average molecular weight is 247 g/mol. The molecule has 0 bridgehead atoms. The lowest BCUT2D eigenvalue weighted by molar-refractivity contribution is 0.198. The van der Waals surface area contributed by atoms with Crippen molar-refractivity contribution in [3.63, 3.8) is 0 Å². The Morgan fingerprint density at radius 3 is 2.78 bits per heavy atom. The molecule has 0 spiro atoms. The summed E-state index contributed by atoms with van der Waals surface area (Å²) in [6.07, 6.45) is 2.65. The number of aromatic nitrogens is 3. The molecule has 0 saturated heterocycles. The van der Waals surface area contributed by atoms with E-state index in [-0.39, 0.29) is 5.41 Å². The first-order valence-electron chi connectivity index (χ1n) is 6.30. The van der Waals surface area contributed by atoms with E-state index >= 15 is 0 Å². The Morgan fingerprint density at radius 2 is 2.11 bits per heavy atom. The normalized spacial score (nSPS) is 12.2. The molecule has 4 nitrogen and oxygen atoms in total. The zero-order chi connectivity index (χ0) is 13.2. The third kappa shape index (κ3) is 2.88. The molecule has 0 amide bonds. The van der Waals surface area contributed by atoms with Gasteiger partial charge in [-0.1, -0.05) is 20.8 Å². The van der Waals surface area contributed by atoms with E-state index in [9.17, 15) is 0 Å². The number of hydrogen-bond donors (Lipinski definition) is 0. The van der Waals surface area contributed by atoms with Crippen molar-refractivity contribution in [3.05, 3.63) is 24.2 Å². The second-order valence-electron chi connectivity index (χ2n) is 5.76. The molecular weight excluding hydrogens is 226 g/mol. The third-order valence-electron chi connectivity index (χ3n) is 2.75. The smallest absolute Gasteiger partial charge is 0.160 e. The molecule has 0 N–H and O–H groups in total. The summed E-state index contributed by atoms with van der Waals surface area (Å²) in [7, 11) is 1.72. The fourth-order valence-corrected chi connectivity index (χ4v) is 2.03. The van der Waals surface area contributed by atoms with E-state index in [1.54, 1.807) is 7.11 Å². The number of methoxy groups -OCH3 is 1. The number of pyridine rings is 1. The standard InChI is InChI=1S/C14H21N3O/c1-14(2,3)10-17-12(7-9-18-4)16-11-6-5-8-15-13(11)17/h5-6,8H,7,9-10H2,1-4H3. The van der Waals surface area contributed by atoms with Crippen molar-refractivity contribution < 1.29 is 4.74 Å². The van der Waals surface area contributed by atoms with Gasteiger partial charge in [0.1, 0.15) is 11.3 Å². The van der Waals surface area contributed by atoms with Crippen LogP contribution in [-0.2, 0) is 17.7 Å². The quantitative estimate of drug-likeness (QED) is 0.834. The summed E-state index contributed by atoms with van der Waals surface area (Å²) in [5, 5.41) is 0. The maximum absolute atomic E-state index is 5.15. The molecule has 2 aromatic heterocycles. The fourth-order valence-electron chi connectivity index (χ4n) is 2.03. The lowest BCUT2D eigenvalue weighted by Crippen LogP contribution is -2.18. The van der Waals surface area contributed by atoms with Crippen molar-refractivity contribution in [1.29, 1.82) is 0 Å². The fraction of sp³-hybridized carbons (Fsp3) is 0.571. The van der Waals surface area contributed by atoms with Crippen molar-refractivity contribution in [2.75, 3.05) is 13.7 Å². The van der Waals surface area contributed by atoms with Gasteiger partial charge in [-0.25, -0.2) is 9.97 Å². The van der Waals surface area contributed by atoms with Crippen LogP contribution in [0.3, 0.4) is 0 Å². The minimum atomic E-state index is 0.201. The van der Waals surface area contributed by atoms with Crippen molar-refractivity contribution >= 4 is 11.2 Å². The Labute approximate surface area is 108 Å². The van der Waals surface area contributed by atoms with E-state index in [2.05, 4.69) is 35.3 Å². The molecule has 4 heteroatoms. The maximum Gasteiger partial charge on any atom is 0.160 e. The SMILES string of the molecule is COCCc1nc2cccnc2n1CC(C)(C)C. The van der Waals surface area contributed by atoms with Gasteiger partial charge >= 0.3 is 0 Å². The Morgan fingerprint density at radius 1 is 1.33 bits per heavy atom. The van der Waals surface area contributed by atoms with Gasteiger partial charge in [-0.15, -0.1) is 0 Å². The summed E-state index contributed by atoms with van der Waals surface area (Å²) in [5.41, 5.74) is 2.14. The van der Waals surface area contributed by atoms with E-state index < -0.39 is 0 Å². The number of fused-ring (bicyclic) bond motifs is 1. The van der Waals surface area contributed by atoms with Crippen LogP contribution in [-0.4, -0.2) is 28.3 Å². The van der Waals surface area contributed by atoms with Gasteiger partial charge in [0.25, 0.3) is 0 Å². The van der Waals surface area contributed by atoms with E-state index in [0.29, 0.717) is 6.61 Å². The monoisotopic (exact) mass is 247 g/mol. The van der Waals surface area contributed by atoms with Crippen LogP contribution in [0.4, 0.5) is 0 Å². The minimum absolute atomic E-state index is 0.201.